The summed E-state index contributed by atoms with van der Waals surface area (Å²) in [5.41, 5.74) is 0.753. The molecule has 3 nitrogen and oxygen atoms in total. The Kier molecular flexibility index (Phi) is 3.51. The second kappa shape index (κ2) is 4.65. The Bertz CT molecular complexity index is 304. The maximum absolute atomic E-state index is 7.43. The lowest BCUT2D eigenvalue weighted by atomic mass is 10.2. The van der Waals surface area contributed by atoms with Gasteiger partial charge in [0.05, 0.1) is 13.2 Å². The summed E-state index contributed by atoms with van der Waals surface area (Å²) in [6.45, 7) is 3.95. The first-order valence-corrected chi connectivity index (χ1v) is 4.53. The molecule has 0 saturated carbocycles. The second-order valence-corrected chi connectivity index (χ2v) is 3.22. The van der Waals surface area contributed by atoms with Crippen LogP contribution in [0.2, 0.25) is 0 Å². The van der Waals surface area contributed by atoms with Crippen molar-refractivity contribution in [3.8, 4) is 5.75 Å². The van der Waals surface area contributed by atoms with Gasteiger partial charge in [-0.15, -0.1) is 0 Å². The van der Waals surface area contributed by atoms with Crippen molar-refractivity contribution < 1.29 is 9.47 Å². The fourth-order valence-corrected chi connectivity index (χ4v) is 1.07. The van der Waals surface area contributed by atoms with Crippen LogP contribution in [0, 0.1) is 5.41 Å². The van der Waals surface area contributed by atoms with Gasteiger partial charge in [0.25, 0.3) is 0 Å². The Morgan fingerprint density at radius 2 is 1.79 bits per heavy atom. The molecular formula is C11H15NO2. The zero-order chi connectivity index (χ0) is 10.6. The van der Waals surface area contributed by atoms with E-state index in [1.54, 1.807) is 0 Å². The van der Waals surface area contributed by atoms with E-state index in [-0.39, 0.29) is 12.0 Å². The summed E-state index contributed by atoms with van der Waals surface area (Å²) in [4.78, 5) is 0. The van der Waals surface area contributed by atoms with E-state index < -0.39 is 0 Å². The van der Waals surface area contributed by atoms with Crippen molar-refractivity contribution in [3.05, 3.63) is 29.8 Å². The molecule has 1 aromatic carbocycles. The third-order valence-electron chi connectivity index (χ3n) is 1.69. The van der Waals surface area contributed by atoms with Crippen LogP contribution in [0.1, 0.15) is 19.4 Å². The molecule has 76 valence electrons. The summed E-state index contributed by atoms with van der Waals surface area (Å²) < 4.78 is 10.3. The molecule has 1 N–H and O–H groups in total. The van der Waals surface area contributed by atoms with E-state index in [0.717, 1.165) is 11.3 Å². The first-order chi connectivity index (χ1) is 6.63. The predicted octanol–water partition coefficient (Wildman–Crippen LogP) is 2.45. The Balaban J connectivity index is 2.73. The highest BCUT2D eigenvalue weighted by Gasteiger charge is 2.01. The number of ether oxygens (including phenoxy) is 2. The fourth-order valence-electron chi connectivity index (χ4n) is 1.07. The Morgan fingerprint density at radius 1 is 1.21 bits per heavy atom. The average Bonchev–Trinajstić information content (AvgIpc) is 2.17. The highest BCUT2D eigenvalue weighted by molar-refractivity contribution is 5.91. The van der Waals surface area contributed by atoms with Crippen LogP contribution in [0.15, 0.2) is 24.3 Å². The van der Waals surface area contributed by atoms with Gasteiger partial charge in [-0.1, -0.05) is 0 Å². The van der Waals surface area contributed by atoms with E-state index in [1.807, 2.05) is 38.1 Å². The van der Waals surface area contributed by atoms with Crippen LogP contribution in [0.5, 0.6) is 5.75 Å². The first-order valence-electron chi connectivity index (χ1n) is 4.53. The van der Waals surface area contributed by atoms with Gasteiger partial charge >= 0.3 is 0 Å². The maximum Gasteiger partial charge on any atom is 0.212 e. The van der Waals surface area contributed by atoms with E-state index in [9.17, 15) is 0 Å². The van der Waals surface area contributed by atoms with Crippen LogP contribution in [-0.4, -0.2) is 19.1 Å². The van der Waals surface area contributed by atoms with Crippen LogP contribution in [0.3, 0.4) is 0 Å². The SMILES string of the molecule is COC(=N)c1ccc(OC(C)C)cc1. The monoisotopic (exact) mass is 193 g/mol. The molecule has 0 saturated heterocycles. The van der Waals surface area contributed by atoms with Gasteiger partial charge in [0.2, 0.25) is 5.90 Å². The smallest absolute Gasteiger partial charge is 0.212 e. The summed E-state index contributed by atoms with van der Waals surface area (Å²) in [5, 5.41) is 7.43. The van der Waals surface area contributed by atoms with Gasteiger partial charge in [0.1, 0.15) is 5.75 Å². The van der Waals surface area contributed by atoms with Crippen molar-refractivity contribution in [1.82, 2.24) is 0 Å². The molecule has 0 aliphatic carbocycles. The Morgan fingerprint density at radius 3 is 2.21 bits per heavy atom. The highest BCUT2D eigenvalue weighted by atomic mass is 16.5. The third kappa shape index (κ3) is 2.76. The van der Waals surface area contributed by atoms with Gasteiger partial charge in [0.15, 0.2) is 0 Å². The number of nitrogens with one attached hydrogen (secondary N) is 1. The quantitative estimate of drug-likeness (QED) is 0.591. The number of methoxy groups -OCH3 is 1. The summed E-state index contributed by atoms with van der Waals surface area (Å²) in [5.74, 6) is 0.980. The van der Waals surface area contributed by atoms with Gasteiger partial charge < -0.3 is 9.47 Å². The van der Waals surface area contributed by atoms with E-state index in [0.29, 0.717) is 0 Å². The van der Waals surface area contributed by atoms with Gasteiger partial charge in [0, 0.05) is 5.56 Å². The van der Waals surface area contributed by atoms with Crippen LogP contribution in [0.4, 0.5) is 0 Å². The molecular weight excluding hydrogens is 178 g/mol. The van der Waals surface area contributed by atoms with E-state index in [1.165, 1.54) is 7.11 Å². The van der Waals surface area contributed by atoms with E-state index >= 15 is 0 Å². The van der Waals surface area contributed by atoms with Crippen molar-refractivity contribution in [3.63, 3.8) is 0 Å². The molecule has 0 aliphatic rings. The summed E-state index contributed by atoms with van der Waals surface area (Å²) in [6, 6.07) is 7.29. The average molecular weight is 193 g/mol. The molecule has 0 aliphatic heterocycles. The minimum atomic E-state index is 0.168. The number of rotatable bonds is 3. The topological polar surface area (TPSA) is 42.3 Å². The molecule has 0 heterocycles. The zero-order valence-corrected chi connectivity index (χ0v) is 8.70. The standard InChI is InChI=1S/C11H15NO2/c1-8(2)14-10-6-4-9(5-7-10)11(12)13-3/h4-8,12H,1-3H3. The number of hydrogen-bond donors (Lipinski definition) is 1. The molecule has 0 amide bonds. The molecule has 3 heteroatoms. The third-order valence-corrected chi connectivity index (χ3v) is 1.69. The molecule has 0 fully saturated rings. The zero-order valence-electron chi connectivity index (χ0n) is 8.70. The van der Waals surface area contributed by atoms with Gasteiger partial charge in [-0.05, 0) is 38.1 Å². The van der Waals surface area contributed by atoms with Crippen molar-refractivity contribution in [1.29, 1.82) is 5.41 Å². The molecule has 0 unspecified atom stereocenters. The van der Waals surface area contributed by atoms with Crippen LogP contribution < -0.4 is 4.74 Å². The molecule has 1 rings (SSSR count). The lowest BCUT2D eigenvalue weighted by Crippen LogP contribution is -2.06. The summed E-state index contributed by atoms with van der Waals surface area (Å²) >= 11 is 0. The van der Waals surface area contributed by atoms with Crippen LogP contribution >= 0.6 is 0 Å². The minimum Gasteiger partial charge on any atom is -0.491 e. The number of hydrogen-bond acceptors (Lipinski definition) is 3. The summed E-state index contributed by atoms with van der Waals surface area (Å²) in [6.07, 6.45) is 0.169. The van der Waals surface area contributed by atoms with Crippen LogP contribution in [0.25, 0.3) is 0 Å². The Hall–Kier alpha value is -1.51. The fraction of sp³-hybridized carbons (Fsp3) is 0.364. The van der Waals surface area contributed by atoms with E-state index in [4.69, 9.17) is 14.9 Å². The minimum absolute atomic E-state index is 0.168. The molecule has 0 spiro atoms. The van der Waals surface area contributed by atoms with Gasteiger partial charge in [-0.25, -0.2) is 0 Å². The molecule has 0 aromatic heterocycles. The second-order valence-electron chi connectivity index (χ2n) is 3.22. The largest absolute Gasteiger partial charge is 0.491 e. The van der Waals surface area contributed by atoms with Crippen molar-refractivity contribution in [2.75, 3.05) is 7.11 Å². The van der Waals surface area contributed by atoms with Crippen molar-refractivity contribution in [2.24, 2.45) is 0 Å². The predicted molar refractivity (Wildman–Crippen MR) is 56.0 cm³/mol. The molecule has 14 heavy (non-hydrogen) atoms. The lowest BCUT2D eigenvalue weighted by Gasteiger charge is -2.09. The lowest BCUT2D eigenvalue weighted by molar-refractivity contribution is 0.242. The van der Waals surface area contributed by atoms with Gasteiger partial charge in [-0.2, -0.15) is 0 Å². The molecule has 0 radical (unpaired) electrons. The number of benzene rings is 1. The molecule has 0 atom stereocenters. The Labute approximate surface area is 84.2 Å². The first kappa shape index (κ1) is 10.6. The normalized spacial score (nSPS) is 10.0. The maximum atomic E-state index is 7.43. The highest BCUT2D eigenvalue weighted by Crippen LogP contribution is 2.14. The molecule has 1 aromatic rings. The van der Waals surface area contributed by atoms with Crippen molar-refractivity contribution in [2.45, 2.75) is 20.0 Å². The van der Waals surface area contributed by atoms with Gasteiger partial charge in [-0.3, -0.25) is 5.41 Å². The van der Waals surface area contributed by atoms with Crippen LogP contribution in [-0.2, 0) is 4.74 Å². The summed E-state index contributed by atoms with van der Waals surface area (Å²) in [7, 11) is 1.49. The molecule has 0 bridgehead atoms. The van der Waals surface area contributed by atoms with E-state index in [2.05, 4.69) is 0 Å². The van der Waals surface area contributed by atoms with Crippen molar-refractivity contribution >= 4 is 5.90 Å².